The Labute approximate surface area is 68.2 Å². The molecule has 11 heavy (non-hydrogen) atoms. The van der Waals surface area contributed by atoms with Crippen molar-refractivity contribution in [3.8, 4) is 0 Å². The number of rotatable bonds is 3. The first-order chi connectivity index (χ1) is 5.25. The zero-order valence-electron chi connectivity index (χ0n) is 7.21. The van der Waals surface area contributed by atoms with Gasteiger partial charge in [0.1, 0.15) is 0 Å². The van der Waals surface area contributed by atoms with Gasteiger partial charge in [-0.05, 0) is 19.3 Å². The minimum Gasteiger partial charge on any atom is -0.396 e. The van der Waals surface area contributed by atoms with E-state index in [9.17, 15) is 5.11 Å². The van der Waals surface area contributed by atoms with E-state index in [2.05, 4.69) is 0 Å². The lowest BCUT2D eigenvalue weighted by molar-refractivity contribution is -0.0151. The van der Waals surface area contributed by atoms with Crippen molar-refractivity contribution in [3.05, 3.63) is 0 Å². The SMILES string of the molecule is CCC(O)C1(CO)CCCC1. The van der Waals surface area contributed by atoms with Crippen LogP contribution in [0.15, 0.2) is 0 Å². The average molecular weight is 158 g/mol. The maximum Gasteiger partial charge on any atom is 0.0615 e. The predicted octanol–water partition coefficient (Wildman–Crippen LogP) is 1.31. The van der Waals surface area contributed by atoms with Crippen molar-refractivity contribution < 1.29 is 10.2 Å². The second-order valence-corrected chi connectivity index (χ2v) is 3.65. The summed E-state index contributed by atoms with van der Waals surface area (Å²) in [6.07, 6.45) is 4.79. The molecule has 0 bridgehead atoms. The Balaban J connectivity index is 2.58. The van der Waals surface area contributed by atoms with Gasteiger partial charge in [0, 0.05) is 5.41 Å². The van der Waals surface area contributed by atoms with Crippen molar-refractivity contribution in [3.63, 3.8) is 0 Å². The van der Waals surface area contributed by atoms with Crippen LogP contribution in [0, 0.1) is 5.41 Å². The second kappa shape index (κ2) is 3.55. The van der Waals surface area contributed by atoms with E-state index in [0.29, 0.717) is 0 Å². The third kappa shape index (κ3) is 1.57. The molecule has 1 fully saturated rings. The van der Waals surface area contributed by atoms with Crippen LogP contribution < -0.4 is 0 Å². The highest BCUT2D eigenvalue weighted by atomic mass is 16.3. The molecule has 1 aliphatic rings. The maximum absolute atomic E-state index is 9.65. The molecular formula is C9H18O2. The van der Waals surface area contributed by atoms with Gasteiger partial charge in [0.25, 0.3) is 0 Å². The zero-order valence-corrected chi connectivity index (χ0v) is 7.21. The monoisotopic (exact) mass is 158 g/mol. The van der Waals surface area contributed by atoms with Gasteiger partial charge in [-0.1, -0.05) is 19.8 Å². The van der Waals surface area contributed by atoms with E-state index in [1.54, 1.807) is 0 Å². The van der Waals surface area contributed by atoms with Gasteiger partial charge in [-0.2, -0.15) is 0 Å². The molecule has 2 N–H and O–H groups in total. The molecule has 0 radical (unpaired) electrons. The van der Waals surface area contributed by atoms with Gasteiger partial charge in [0.2, 0.25) is 0 Å². The molecule has 66 valence electrons. The molecule has 1 saturated carbocycles. The van der Waals surface area contributed by atoms with Crippen molar-refractivity contribution in [2.24, 2.45) is 5.41 Å². The molecular weight excluding hydrogens is 140 g/mol. The molecule has 1 rings (SSSR count). The molecule has 1 atom stereocenters. The maximum atomic E-state index is 9.65. The van der Waals surface area contributed by atoms with E-state index in [1.807, 2.05) is 6.92 Å². The van der Waals surface area contributed by atoms with Gasteiger partial charge in [0.15, 0.2) is 0 Å². The lowest BCUT2D eigenvalue weighted by atomic mass is 9.80. The van der Waals surface area contributed by atoms with E-state index in [0.717, 1.165) is 32.1 Å². The van der Waals surface area contributed by atoms with Gasteiger partial charge in [-0.25, -0.2) is 0 Å². The molecule has 0 aromatic carbocycles. The molecule has 1 unspecified atom stereocenters. The van der Waals surface area contributed by atoms with Crippen LogP contribution in [-0.2, 0) is 0 Å². The average Bonchev–Trinajstić information content (AvgIpc) is 2.52. The third-order valence-electron chi connectivity index (χ3n) is 3.01. The summed E-state index contributed by atoms with van der Waals surface area (Å²) in [4.78, 5) is 0. The van der Waals surface area contributed by atoms with Gasteiger partial charge >= 0.3 is 0 Å². The van der Waals surface area contributed by atoms with Crippen LogP contribution in [0.25, 0.3) is 0 Å². The fourth-order valence-corrected chi connectivity index (χ4v) is 2.11. The van der Waals surface area contributed by atoms with Crippen LogP contribution in [0.4, 0.5) is 0 Å². The first kappa shape index (κ1) is 9.01. The van der Waals surface area contributed by atoms with Gasteiger partial charge in [-0.15, -0.1) is 0 Å². The van der Waals surface area contributed by atoms with Crippen LogP contribution in [0.1, 0.15) is 39.0 Å². The third-order valence-corrected chi connectivity index (χ3v) is 3.01. The van der Waals surface area contributed by atoms with Crippen molar-refractivity contribution >= 4 is 0 Å². The Bertz CT molecular complexity index is 117. The van der Waals surface area contributed by atoms with E-state index in [-0.39, 0.29) is 18.1 Å². The molecule has 2 heteroatoms. The first-order valence-corrected chi connectivity index (χ1v) is 4.54. The minimum absolute atomic E-state index is 0.144. The summed E-state index contributed by atoms with van der Waals surface area (Å²) < 4.78 is 0. The van der Waals surface area contributed by atoms with Crippen molar-refractivity contribution in [2.75, 3.05) is 6.61 Å². The summed E-state index contributed by atoms with van der Waals surface area (Å²) in [7, 11) is 0. The zero-order chi connectivity index (χ0) is 8.32. The van der Waals surface area contributed by atoms with Crippen molar-refractivity contribution in [1.82, 2.24) is 0 Å². The molecule has 0 spiro atoms. The number of hydrogen-bond acceptors (Lipinski definition) is 2. The Morgan fingerprint density at radius 1 is 1.36 bits per heavy atom. The normalized spacial score (nSPS) is 25.4. The summed E-state index contributed by atoms with van der Waals surface area (Å²) in [5.41, 5.74) is -0.144. The van der Waals surface area contributed by atoms with E-state index < -0.39 is 0 Å². The highest BCUT2D eigenvalue weighted by molar-refractivity contribution is 4.89. The van der Waals surface area contributed by atoms with Crippen LogP contribution in [0.3, 0.4) is 0 Å². The largest absolute Gasteiger partial charge is 0.396 e. The van der Waals surface area contributed by atoms with E-state index in [4.69, 9.17) is 5.11 Å². The fourth-order valence-electron chi connectivity index (χ4n) is 2.11. The Morgan fingerprint density at radius 2 is 1.91 bits per heavy atom. The molecule has 0 saturated heterocycles. The Hall–Kier alpha value is -0.0800. The Kier molecular flexibility index (Phi) is 2.90. The van der Waals surface area contributed by atoms with E-state index in [1.165, 1.54) is 0 Å². The molecule has 2 nitrogen and oxygen atoms in total. The summed E-state index contributed by atoms with van der Waals surface area (Å²) >= 11 is 0. The molecule has 0 aromatic rings. The smallest absolute Gasteiger partial charge is 0.0615 e. The topological polar surface area (TPSA) is 40.5 Å². The number of hydrogen-bond donors (Lipinski definition) is 2. The molecule has 1 aliphatic carbocycles. The highest BCUT2D eigenvalue weighted by Crippen LogP contribution is 2.41. The lowest BCUT2D eigenvalue weighted by Crippen LogP contribution is -2.35. The van der Waals surface area contributed by atoms with Crippen LogP contribution in [0.5, 0.6) is 0 Å². The quantitative estimate of drug-likeness (QED) is 0.650. The van der Waals surface area contributed by atoms with Crippen LogP contribution in [0.2, 0.25) is 0 Å². The van der Waals surface area contributed by atoms with Crippen LogP contribution in [-0.4, -0.2) is 22.9 Å². The van der Waals surface area contributed by atoms with E-state index >= 15 is 0 Å². The second-order valence-electron chi connectivity index (χ2n) is 3.65. The molecule has 0 amide bonds. The van der Waals surface area contributed by atoms with Crippen LogP contribution >= 0.6 is 0 Å². The molecule has 0 aliphatic heterocycles. The lowest BCUT2D eigenvalue weighted by Gasteiger charge is -2.31. The number of aliphatic hydroxyl groups excluding tert-OH is 2. The van der Waals surface area contributed by atoms with Gasteiger partial charge < -0.3 is 10.2 Å². The molecule has 0 heterocycles. The summed E-state index contributed by atoms with van der Waals surface area (Å²) in [6.45, 7) is 2.13. The molecule has 0 aromatic heterocycles. The summed E-state index contributed by atoms with van der Waals surface area (Å²) in [6, 6.07) is 0. The highest BCUT2D eigenvalue weighted by Gasteiger charge is 2.38. The van der Waals surface area contributed by atoms with Gasteiger partial charge in [0.05, 0.1) is 12.7 Å². The number of aliphatic hydroxyl groups is 2. The summed E-state index contributed by atoms with van der Waals surface area (Å²) in [5, 5.41) is 18.8. The van der Waals surface area contributed by atoms with Crippen molar-refractivity contribution in [1.29, 1.82) is 0 Å². The van der Waals surface area contributed by atoms with Crippen molar-refractivity contribution in [2.45, 2.75) is 45.1 Å². The minimum atomic E-state index is -0.296. The fraction of sp³-hybridized carbons (Fsp3) is 1.00. The summed E-state index contributed by atoms with van der Waals surface area (Å²) in [5.74, 6) is 0. The predicted molar refractivity (Wildman–Crippen MR) is 44.3 cm³/mol. The Morgan fingerprint density at radius 3 is 2.27 bits per heavy atom. The first-order valence-electron chi connectivity index (χ1n) is 4.54. The van der Waals surface area contributed by atoms with Gasteiger partial charge in [-0.3, -0.25) is 0 Å². The standard InChI is InChI=1S/C9H18O2/c1-2-8(11)9(7-10)5-3-4-6-9/h8,10-11H,2-7H2,1H3.